The average molecular weight is 223 g/mol. The monoisotopic (exact) mass is 222 g/mol. The van der Waals surface area contributed by atoms with Crippen LogP contribution < -0.4 is 0 Å². The van der Waals surface area contributed by atoms with Crippen LogP contribution in [0.5, 0.6) is 0 Å². The molecule has 1 atom stereocenters. The third kappa shape index (κ3) is 2.22. The molecular formula is C7H11ClN2O2S. The Labute approximate surface area is 82.0 Å². The maximum atomic E-state index is 11.0. The second-order valence-electron chi connectivity index (χ2n) is 2.69. The molecule has 0 aromatic carbocycles. The molecule has 1 unspecified atom stereocenters. The van der Waals surface area contributed by atoms with E-state index in [0.717, 1.165) is 0 Å². The molecule has 4 nitrogen and oxygen atoms in total. The van der Waals surface area contributed by atoms with Gasteiger partial charge in [0.2, 0.25) is 9.05 Å². The lowest BCUT2D eigenvalue weighted by atomic mass is 10.4. The van der Waals surface area contributed by atoms with Gasteiger partial charge in [0, 0.05) is 29.6 Å². The first-order valence-corrected chi connectivity index (χ1v) is 6.28. The minimum absolute atomic E-state index is 0.484. The van der Waals surface area contributed by atoms with E-state index in [0.29, 0.717) is 12.4 Å². The van der Waals surface area contributed by atoms with Crippen LogP contribution in [0.15, 0.2) is 12.4 Å². The van der Waals surface area contributed by atoms with Crippen molar-refractivity contribution in [1.82, 2.24) is 9.55 Å². The van der Waals surface area contributed by atoms with E-state index in [-0.39, 0.29) is 0 Å². The lowest BCUT2D eigenvalue weighted by Crippen LogP contribution is -2.10. The van der Waals surface area contributed by atoms with Crippen molar-refractivity contribution in [2.75, 3.05) is 0 Å². The van der Waals surface area contributed by atoms with Gasteiger partial charge in [-0.15, -0.1) is 0 Å². The summed E-state index contributed by atoms with van der Waals surface area (Å²) in [5.41, 5.74) is 0. The second kappa shape index (κ2) is 3.67. The normalized spacial score (nSPS) is 14.4. The van der Waals surface area contributed by atoms with Crippen molar-refractivity contribution >= 4 is 19.7 Å². The third-order valence-corrected chi connectivity index (χ3v) is 3.73. The number of nitrogens with zero attached hydrogens (tertiary/aromatic N) is 2. The Bertz CT molecular complexity index is 385. The lowest BCUT2D eigenvalue weighted by molar-refractivity contribution is 0.591. The molecule has 74 valence electrons. The van der Waals surface area contributed by atoms with Gasteiger partial charge in [0.1, 0.15) is 11.1 Å². The number of halogens is 1. The van der Waals surface area contributed by atoms with Gasteiger partial charge in [-0.1, -0.05) is 0 Å². The highest BCUT2D eigenvalue weighted by Crippen LogP contribution is 2.23. The molecule has 1 rings (SSSR count). The highest BCUT2D eigenvalue weighted by atomic mass is 35.7. The van der Waals surface area contributed by atoms with Gasteiger partial charge in [0.15, 0.2) is 0 Å². The molecule has 0 aliphatic carbocycles. The largest absolute Gasteiger partial charge is 0.334 e. The SMILES string of the molecule is CCn1ccnc1C(C)S(=O)(=O)Cl. The van der Waals surface area contributed by atoms with Crippen LogP contribution in [0.2, 0.25) is 0 Å². The Morgan fingerprint density at radius 1 is 1.69 bits per heavy atom. The molecule has 0 saturated carbocycles. The number of hydrogen-bond acceptors (Lipinski definition) is 3. The summed E-state index contributed by atoms with van der Waals surface area (Å²) in [6.45, 7) is 4.13. The van der Waals surface area contributed by atoms with Crippen LogP contribution >= 0.6 is 10.7 Å². The van der Waals surface area contributed by atoms with Crippen LogP contribution in [0.1, 0.15) is 24.9 Å². The Kier molecular flexibility index (Phi) is 2.98. The van der Waals surface area contributed by atoms with E-state index in [2.05, 4.69) is 4.98 Å². The van der Waals surface area contributed by atoms with Crippen molar-refractivity contribution in [2.24, 2.45) is 0 Å². The third-order valence-electron chi connectivity index (χ3n) is 1.87. The molecule has 1 aromatic rings. The first-order chi connectivity index (χ1) is 5.96. The molecule has 0 amide bonds. The van der Waals surface area contributed by atoms with Crippen LogP contribution in [0.4, 0.5) is 0 Å². The summed E-state index contributed by atoms with van der Waals surface area (Å²) >= 11 is 0. The van der Waals surface area contributed by atoms with Crippen molar-refractivity contribution in [3.63, 3.8) is 0 Å². The van der Waals surface area contributed by atoms with Gasteiger partial charge in [-0.05, 0) is 13.8 Å². The van der Waals surface area contributed by atoms with E-state index in [1.807, 2.05) is 6.92 Å². The molecule has 0 spiro atoms. The van der Waals surface area contributed by atoms with Gasteiger partial charge in [0.25, 0.3) is 0 Å². The van der Waals surface area contributed by atoms with Gasteiger partial charge in [-0.25, -0.2) is 13.4 Å². The fraction of sp³-hybridized carbons (Fsp3) is 0.571. The van der Waals surface area contributed by atoms with Gasteiger partial charge in [0.05, 0.1) is 0 Å². The first-order valence-electron chi connectivity index (χ1n) is 3.91. The van der Waals surface area contributed by atoms with Crippen LogP contribution in [0, 0.1) is 0 Å². The van der Waals surface area contributed by atoms with E-state index < -0.39 is 14.3 Å². The Balaban J connectivity index is 3.08. The maximum absolute atomic E-state index is 11.0. The van der Waals surface area contributed by atoms with Gasteiger partial charge >= 0.3 is 0 Å². The van der Waals surface area contributed by atoms with Gasteiger partial charge in [-0.2, -0.15) is 0 Å². The highest BCUT2D eigenvalue weighted by Gasteiger charge is 2.23. The van der Waals surface area contributed by atoms with Crippen molar-refractivity contribution in [2.45, 2.75) is 25.6 Å². The molecule has 1 heterocycles. The number of rotatable bonds is 3. The Hall–Kier alpha value is -0.550. The van der Waals surface area contributed by atoms with Gasteiger partial charge < -0.3 is 4.57 Å². The van der Waals surface area contributed by atoms with Crippen LogP contribution in [0.25, 0.3) is 0 Å². The molecule has 0 radical (unpaired) electrons. The van der Waals surface area contributed by atoms with Gasteiger partial charge in [-0.3, -0.25) is 0 Å². The predicted octanol–water partition coefficient (Wildman–Crippen LogP) is 1.53. The standard InChI is InChI=1S/C7H11ClN2O2S/c1-3-10-5-4-9-7(10)6(2)13(8,11)12/h4-6H,3H2,1-2H3. The molecule has 13 heavy (non-hydrogen) atoms. The summed E-state index contributed by atoms with van der Waals surface area (Å²) in [6, 6.07) is 0. The highest BCUT2D eigenvalue weighted by molar-refractivity contribution is 8.13. The zero-order valence-corrected chi connectivity index (χ0v) is 9.01. The smallest absolute Gasteiger partial charge is 0.242 e. The zero-order valence-electron chi connectivity index (χ0n) is 7.44. The summed E-state index contributed by atoms with van der Waals surface area (Å²) in [4.78, 5) is 3.95. The van der Waals surface area contributed by atoms with E-state index in [4.69, 9.17) is 10.7 Å². The van der Waals surface area contributed by atoms with Crippen molar-refractivity contribution in [3.8, 4) is 0 Å². The Morgan fingerprint density at radius 2 is 2.31 bits per heavy atom. The second-order valence-corrected chi connectivity index (χ2v) is 5.64. The first kappa shape index (κ1) is 10.5. The number of aromatic nitrogens is 2. The van der Waals surface area contributed by atoms with E-state index in [9.17, 15) is 8.42 Å². The lowest BCUT2D eigenvalue weighted by Gasteiger charge is -2.08. The number of hydrogen-bond donors (Lipinski definition) is 0. The summed E-state index contributed by atoms with van der Waals surface area (Å²) in [5, 5.41) is -0.760. The zero-order chi connectivity index (χ0) is 10.1. The maximum Gasteiger partial charge on any atom is 0.242 e. The van der Waals surface area contributed by atoms with E-state index in [1.165, 1.54) is 6.92 Å². The number of imidazole rings is 1. The molecular weight excluding hydrogens is 212 g/mol. The topological polar surface area (TPSA) is 52.0 Å². The summed E-state index contributed by atoms with van der Waals surface area (Å²) < 4.78 is 23.8. The molecule has 0 N–H and O–H groups in total. The quantitative estimate of drug-likeness (QED) is 0.729. The molecule has 0 bridgehead atoms. The molecule has 0 aliphatic heterocycles. The fourth-order valence-electron chi connectivity index (χ4n) is 1.07. The van der Waals surface area contributed by atoms with Crippen LogP contribution in [-0.2, 0) is 15.6 Å². The minimum atomic E-state index is -3.57. The Morgan fingerprint density at radius 3 is 2.77 bits per heavy atom. The predicted molar refractivity (Wildman–Crippen MR) is 51.1 cm³/mol. The molecule has 0 saturated heterocycles. The molecule has 0 aliphatic rings. The van der Waals surface area contributed by atoms with E-state index in [1.54, 1.807) is 17.0 Å². The fourth-order valence-corrected chi connectivity index (χ4v) is 1.76. The molecule has 6 heteroatoms. The van der Waals surface area contributed by atoms with Crippen LogP contribution in [-0.4, -0.2) is 18.0 Å². The molecule has 1 aromatic heterocycles. The van der Waals surface area contributed by atoms with Crippen molar-refractivity contribution in [3.05, 3.63) is 18.2 Å². The molecule has 0 fully saturated rings. The van der Waals surface area contributed by atoms with E-state index >= 15 is 0 Å². The van der Waals surface area contributed by atoms with Crippen molar-refractivity contribution < 1.29 is 8.42 Å². The summed E-state index contributed by atoms with van der Waals surface area (Å²) in [5.74, 6) is 0.484. The minimum Gasteiger partial charge on any atom is -0.334 e. The summed E-state index contributed by atoms with van der Waals surface area (Å²) in [6.07, 6.45) is 3.30. The van der Waals surface area contributed by atoms with Crippen LogP contribution in [0.3, 0.4) is 0 Å². The average Bonchev–Trinajstić information content (AvgIpc) is 2.48. The number of aryl methyl sites for hydroxylation is 1. The van der Waals surface area contributed by atoms with Crippen molar-refractivity contribution in [1.29, 1.82) is 0 Å². The summed E-state index contributed by atoms with van der Waals surface area (Å²) in [7, 11) is 1.65.